The Morgan fingerprint density at radius 2 is 2.00 bits per heavy atom. The van der Waals surface area contributed by atoms with Crippen molar-refractivity contribution in [1.82, 2.24) is 14.9 Å². The third-order valence-electron chi connectivity index (χ3n) is 4.71. The van der Waals surface area contributed by atoms with Gasteiger partial charge < -0.3 is 15.4 Å². The number of ether oxygens (including phenoxy) is 1. The highest BCUT2D eigenvalue weighted by atomic mass is 127. The second kappa shape index (κ2) is 11.8. The lowest BCUT2D eigenvalue weighted by Gasteiger charge is -2.30. The van der Waals surface area contributed by atoms with Crippen molar-refractivity contribution < 1.29 is 13.2 Å². The van der Waals surface area contributed by atoms with Gasteiger partial charge >= 0.3 is 0 Å². The Hall–Kier alpha value is -1.07. The number of sulfonamides is 1. The summed E-state index contributed by atoms with van der Waals surface area (Å²) in [6.07, 6.45) is 3.01. The summed E-state index contributed by atoms with van der Waals surface area (Å²) in [7, 11) is -1.33. The monoisotopic (exact) mass is 524 g/mol. The third kappa shape index (κ3) is 8.52. The topological polar surface area (TPSA) is 83.0 Å². The van der Waals surface area contributed by atoms with Crippen molar-refractivity contribution in [3.63, 3.8) is 0 Å². The molecule has 1 aromatic carbocycles. The molecule has 2 rings (SSSR count). The Morgan fingerprint density at radius 1 is 1.32 bits per heavy atom. The minimum Gasteiger partial charge on any atom is -0.489 e. The highest BCUT2D eigenvalue weighted by molar-refractivity contribution is 14.0. The number of guanidine groups is 1. The van der Waals surface area contributed by atoms with Gasteiger partial charge in [0, 0.05) is 26.7 Å². The van der Waals surface area contributed by atoms with Gasteiger partial charge in [-0.05, 0) is 50.3 Å². The fourth-order valence-corrected chi connectivity index (χ4v) is 3.98. The lowest BCUT2D eigenvalue weighted by Crippen LogP contribution is -2.45. The largest absolute Gasteiger partial charge is 0.489 e. The van der Waals surface area contributed by atoms with Crippen LogP contribution in [0.5, 0.6) is 5.75 Å². The van der Waals surface area contributed by atoms with E-state index in [4.69, 9.17) is 4.74 Å². The molecule has 0 radical (unpaired) electrons. The molecule has 0 amide bonds. The summed E-state index contributed by atoms with van der Waals surface area (Å²) in [5.41, 5.74) is 1.17. The van der Waals surface area contributed by atoms with Gasteiger partial charge in [0.1, 0.15) is 11.9 Å². The quantitative estimate of drug-likeness (QED) is 0.325. The van der Waals surface area contributed by atoms with Gasteiger partial charge in [0.25, 0.3) is 0 Å². The van der Waals surface area contributed by atoms with Crippen molar-refractivity contribution >= 4 is 40.0 Å². The fraction of sp³-hybridized carbons (Fsp3) is 0.632. The predicted octanol–water partition coefficient (Wildman–Crippen LogP) is 2.22. The van der Waals surface area contributed by atoms with Gasteiger partial charge in [-0.3, -0.25) is 4.99 Å². The molecule has 9 heteroatoms. The standard InChI is InChI=1S/C19H32N4O3S.HI/c1-15-6-5-7-18(12-15)26-16(2)13-21-19(20-3)22-14-17-8-10-23(11-9-17)27(4,24)25;/h5-7,12,16-17H,8-11,13-14H2,1-4H3,(H2,20,21,22);1H. The molecule has 0 bridgehead atoms. The van der Waals surface area contributed by atoms with Gasteiger partial charge in [-0.2, -0.15) is 0 Å². The van der Waals surface area contributed by atoms with Gasteiger partial charge in [0.2, 0.25) is 10.0 Å². The van der Waals surface area contributed by atoms with E-state index in [2.05, 4.69) is 15.6 Å². The van der Waals surface area contributed by atoms with Crippen LogP contribution >= 0.6 is 24.0 Å². The van der Waals surface area contributed by atoms with Crippen LogP contribution in [-0.2, 0) is 10.0 Å². The van der Waals surface area contributed by atoms with E-state index in [0.29, 0.717) is 25.6 Å². The molecule has 1 atom stereocenters. The number of hydrogen-bond acceptors (Lipinski definition) is 4. The second-order valence-electron chi connectivity index (χ2n) is 7.18. The minimum absolute atomic E-state index is 0. The van der Waals surface area contributed by atoms with E-state index in [1.165, 1.54) is 11.8 Å². The van der Waals surface area contributed by atoms with Crippen LogP contribution in [0, 0.1) is 12.8 Å². The van der Waals surface area contributed by atoms with E-state index in [0.717, 1.165) is 31.1 Å². The molecule has 1 saturated heterocycles. The normalized spacial score (nSPS) is 17.5. The van der Waals surface area contributed by atoms with E-state index >= 15 is 0 Å². The zero-order chi connectivity index (χ0) is 19.9. The van der Waals surface area contributed by atoms with E-state index in [-0.39, 0.29) is 30.1 Å². The molecule has 0 aromatic heterocycles. The summed E-state index contributed by atoms with van der Waals surface area (Å²) >= 11 is 0. The van der Waals surface area contributed by atoms with Crippen LogP contribution in [0.25, 0.3) is 0 Å². The highest BCUT2D eigenvalue weighted by Gasteiger charge is 2.24. The SMILES string of the molecule is CN=C(NCC1CCN(S(C)(=O)=O)CC1)NCC(C)Oc1cccc(C)c1.I. The van der Waals surface area contributed by atoms with E-state index < -0.39 is 10.0 Å². The average molecular weight is 524 g/mol. The first-order valence-corrected chi connectivity index (χ1v) is 11.3. The van der Waals surface area contributed by atoms with Crippen molar-refractivity contribution in [1.29, 1.82) is 0 Å². The van der Waals surface area contributed by atoms with Crippen LogP contribution < -0.4 is 15.4 Å². The Balaban J connectivity index is 0.00000392. The molecule has 1 aliphatic rings. The molecule has 1 unspecified atom stereocenters. The summed E-state index contributed by atoms with van der Waals surface area (Å²) in [5.74, 6) is 2.05. The maximum Gasteiger partial charge on any atom is 0.211 e. The van der Waals surface area contributed by atoms with Crippen LogP contribution in [0.1, 0.15) is 25.3 Å². The van der Waals surface area contributed by atoms with Crippen LogP contribution in [0.4, 0.5) is 0 Å². The lowest BCUT2D eigenvalue weighted by atomic mass is 9.98. The molecule has 1 fully saturated rings. The lowest BCUT2D eigenvalue weighted by molar-refractivity contribution is 0.223. The maximum atomic E-state index is 11.6. The van der Waals surface area contributed by atoms with Gasteiger partial charge in [0.05, 0.1) is 12.8 Å². The van der Waals surface area contributed by atoms with E-state index in [1.54, 1.807) is 11.4 Å². The van der Waals surface area contributed by atoms with Crippen LogP contribution in [0.15, 0.2) is 29.3 Å². The summed E-state index contributed by atoms with van der Waals surface area (Å²) in [4.78, 5) is 4.25. The van der Waals surface area contributed by atoms with E-state index in [9.17, 15) is 8.42 Å². The highest BCUT2D eigenvalue weighted by Crippen LogP contribution is 2.18. The first kappa shape index (κ1) is 25.0. The number of halogens is 1. The molecule has 0 aliphatic carbocycles. The van der Waals surface area contributed by atoms with Gasteiger partial charge in [-0.25, -0.2) is 12.7 Å². The van der Waals surface area contributed by atoms with Crippen molar-refractivity contribution in [3.8, 4) is 5.75 Å². The van der Waals surface area contributed by atoms with Crippen molar-refractivity contribution in [2.45, 2.75) is 32.8 Å². The minimum atomic E-state index is -3.07. The van der Waals surface area contributed by atoms with Gasteiger partial charge in [-0.15, -0.1) is 24.0 Å². The first-order valence-electron chi connectivity index (χ1n) is 9.41. The molecule has 7 nitrogen and oxygen atoms in total. The molecule has 0 saturated carbocycles. The smallest absolute Gasteiger partial charge is 0.211 e. The number of piperidine rings is 1. The number of aryl methyl sites for hydroxylation is 1. The molecule has 0 spiro atoms. The van der Waals surface area contributed by atoms with Crippen molar-refractivity contribution in [2.75, 3.05) is 39.5 Å². The fourth-order valence-electron chi connectivity index (χ4n) is 3.11. The molecule has 160 valence electrons. The van der Waals surface area contributed by atoms with Crippen molar-refractivity contribution in [3.05, 3.63) is 29.8 Å². The average Bonchev–Trinajstić information content (AvgIpc) is 2.61. The molecule has 1 aliphatic heterocycles. The van der Waals surface area contributed by atoms with Gasteiger partial charge in [0.15, 0.2) is 5.96 Å². The molecule has 2 N–H and O–H groups in total. The van der Waals surface area contributed by atoms with Crippen LogP contribution in [0.2, 0.25) is 0 Å². The predicted molar refractivity (Wildman–Crippen MR) is 125 cm³/mol. The molecule has 28 heavy (non-hydrogen) atoms. The molecular formula is C19H33IN4O3S. The molecular weight excluding hydrogens is 491 g/mol. The number of nitrogens with zero attached hydrogens (tertiary/aromatic N) is 2. The van der Waals surface area contributed by atoms with Crippen LogP contribution in [-0.4, -0.2) is 64.3 Å². The van der Waals surface area contributed by atoms with Gasteiger partial charge in [-0.1, -0.05) is 12.1 Å². The van der Waals surface area contributed by atoms with E-state index in [1.807, 2.05) is 38.1 Å². The number of aliphatic imine (C=N–C) groups is 1. The Labute approximate surface area is 186 Å². The Kier molecular flexibility index (Phi) is 10.5. The maximum absolute atomic E-state index is 11.6. The van der Waals surface area contributed by atoms with Crippen LogP contribution in [0.3, 0.4) is 0 Å². The summed E-state index contributed by atoms with van der Waals surface area (Å²) in [5, 5.41) is 6.62. The second-order valence-corrected chi connectivity index (χ2v) is 9.17. The third-order valence-corrected chi connectivity index (χ3v) is 6.01. The Bertz CT molecular complexity index is 734. The number of hydrogen-bond donors (Lipinski definition) is 2. The molecule has 1 heterocycles. The number of nitrogens with one attached hydrogen (secondary N) is 2. The Morgan fingerprint density at radius 3 is 2.57 bits per heavy atom. The zero-order valence-corrected chi connectivity index (χ0v) is 20.3. The van der Waals surface area contributed by atoms with Crippen molar-refractivity contribution in [2.24, 2.45) is 10.9 Å². The summed E-state index contributed by atoms with van der Waals surface area (Å²) in [6, 6.07) is 8.01. The molecule has 1 aromatic rings. The number of rotatable bonds is 7. The summed E-state index contributed by atoms with van der Waals surface area (Å²) < 4.78 is 30.6. The summed E-state index contributed by atoms with van der Waals surface area (Å²) in [6.45, 7) is 6.67. The zero-order valence-electron chi connectivity index (χ0n) is 17.1. The first-order chi connectivity index (χ1) is 12.8. The number of benzene rings is 1.